The monoisotopic (exact) mass is 300 g/mol. The number of hydrogen-bond acceptors (Lipinski definition) is 5. The molecule has 114 valence electrons. The van der Waals surface area contributed by atoms with Gasteiger partial charge >= 0.3 is 0 Å². The second-order valence-corrected chi connectivity index (χ2v) is 5.60. The molecule has 0 aliphatic heterocycles. The Balaban J connectivity index is 2.20. The summed E-state index contributed by atoms with van der Waals surface area (Å²) in [6.07, 6.45) is 0.870. The highest BCUT2D eigenvalue weighted by atomic mass is 16.3. The zero-order valence-electron chi connectivity index (χ0n) is 11.9. The highest BCUT2D eigenvalue weighted by Crippen LogP contribution is 2.43. The van der Waals surface area contributed by atoms with Gasteiger partial charge in [0.15, 0.2) is 11.6 Å². The van der Waals surface area contributed by atoms with Crippen LogP contribution in [0.2, 0.25) is 0 Å². The van der Waals surface area contributed by atoms with E-state index >= 15 is 0 Å². The van der Waals surface area contributed by atoms with E-state index in [0.717, 1.165) is 0 Å². The van der Waals surface area contributed by atoms with Crippen LogP contribution in [0.5, 0.6) is 5.75 Å². The number of carbonyl (C=O) groups is 2. The van der Waals surface area contributed by atoms with Gasteiger partial charge in [0.2, 0.25) is 0 Å². The van der Waals surface area contributed by atoms with Crippen LogP contribution in [-0.2, 0) is 9.59 Å². The lowest BCUT2D eigenvalue weighted by Crippen LogP contribution is -2.16. The summed E-state index contributed by atoms with van der Waals surface area (Å²) < 4.78 is 0. The van der Waals surface area contributed by atoms with Gasteiger partial charge in [-0.25, -0.2) is 0 Å². The fraction of sp³-hybridized carbons (Fsp3) is 0.294. The molecule has 2 aliphatic carbocycles. The lowest BCUT2D eigenvalue weighted by molar-refractivity contribution is -0.115. The largest absolute Gasteiger partial charge is 0.512 e. The maximum absolute atomic E-state index is 12.2. The van der Waals surface area contributed by atoms with Crippen molar-refractivity contribution in [2.45, 2.75) is 31.6 Å². The van der Waals surface area contributed by atoms with E-state index in [-0.39, 0.29) is 65.7 Å². The maximum atomic E-state index is 12.2. The minimum Gasteiger partial charge on any atom is -0.512 e. The number of rotatable bonds is 3. The Hall–Kier alpha value is -2.56. The molecule has 0 atom stereocenters. The molecule has 1 aromatic rings. The van der Waals surface area contributed by atoms with Gasteiger partial charge in [-0.3, -0.25) is 9.59 Å². The van der Waals surface area contributed by atoms with Crippen LogP contribution < -0.4 is 0 Å². The molecule has 0 saturated carbocycles. The average Bonchev–Trinajstić information content (AvgIpc) is 2.97. The first-order valence-electron chi connectivity index (χ1n) is 7.18. The molecule has 0 heterocycles. The molecule has 0 aromatic heterocycles. The molecule has 1 aromatic carbocycles. The third-order valence-corrected chi connectivity index (χ3v) is 4.18. The molecule has 3 N–H and O–H groups in total. The number of phenolic OH excluding ortho intramolecular Hbond substituents is 1. The van der Waals surface area contributed by atoms with Gasteiger partial charge in [0.1, 0.15) is 17.3 Å². The van der Waals surface area contributed by atoms with Crippen molar-refractivity contribution >= 4 is 11.6 Å². The molecule has 0 saturated heterocycles. The molecule has 5 heteroatoms. The van der Waals surface area contributed by atoms with E-state index in [1.807, 2.05) is 0 Å². The van der Waals surface area contributed by atoms with Crippen molar-refractivity contribution in [1.29, 1.82) is 0 Å². The van der Waals surface area contributed by atoms with Gasteiger partial charge in [-0.2, -0.15) is 0 Å². The van der Waals surface area contributed by atoms with Crippen LogP contribution in [0.25, 0.3) is 0 Å². The van der Waals surface area contributed by atoms with Crippen molar-refractivity contribution in [1.82, 2.24) is 0 Å². The van der Waals surface area contributed by atoms with Crippen LogP contribution in [-0.4, -0.2) is 26.9 Å². The normalized spacial score (nSPS) is 19.0. The zero-order chi connectivity index (χ0) is 15.9. The smallest absolute Gasteiger partial charge is 0.163 e. The van der Waals surface area contributed by atoms with Crippen molar-refractivity contribution in [3.8, 4) is 5.75 Å². The van der Waals surface area contributed by atoms with E-state index in [4.69, 9.17) is 0 Å². The zero-order valence-corrected chi connectivity index (χ0v) is 11.9. The number of benzene rings is 1. The summed E-state index contributed by atoms with van der Waals surface area (Å²) in [6, 6.07) is 6.20. The average molecular weight is 300 g/mol. The first-order valence-corrected chi connectivity index (χ1v) is 7.18. The van der Waals surface area contributed by atoms with Gasteiger partial charge in [0, 0.05) is 42.7 Å². The molecular formula is C17H16O5. The molecule has 5 nitrogen and oxygen atoms in total. The molecule has 2 aliphatic rings. The summed E-state index contributed by atoms with van der Waals surface area (Å²) in [5.41, 5.74) is 0.818. The molecule has 0 amide bonds. The van der Waals surface area contributed by atoms with Crippen molar-refractivity contribution in [2.24, 2.45) is 0 Å². The van der Waals surface area contributed by atoms with Crippen LogP contribution in [0.4, 0.5) is 0 Å². The Kier molecular flexibility index (Phi) is 3.48. The molecule has 0 spiro atoms. The SMILES string of the molecule is O=C1CCC(O)=C1C(C1=C(O)CCC1=O)c1cccc(O)c1. The summed E-state index contributed by atoms with van der Waals surface area (Å²) in [7, 11) is 0. The predicted molar refractivity (Wildman–Crippen MR) is 78.6 cm³/mol. The summed E-state index contributed by atoms with van der Waals surface area (Å²) in [6.45, 7) is 0. The van der Waals surface area contributed by atoms with Gasteiger partial charge in [-0.15, -0.1) is 0 Å². The number of carbonyl (C=O) groups excluding carboxylic acids is 2. The Bertz CT molecular complexity index is 686. The van der Waals surface area contributed by atoms with Crippen molar-refractivity contribution < 1.29 is 24.9 Å². The second kappa shape index (κ2) is 5.33. The van der Waals surface area contributed by atoms with E-state index < -0.39 is 5.92 Å². The first kappa shape index (κ1) is 14.4. The van der Waals surface area contributed by atoms with Gasteiger partial charge in [-0.05, 0) is 17.7 Å². The minimum atomic E-state index is -0.822. The fourth-order valence-electron chi connectivity index (χ4n) is 3.16. The van der Waals surface area contributed by atoms with E-state index in [2.05, 4.69) is 0 Å². The Labute approximate surface area is 127 Å². The first-order chi connectivity index (χ1) is 10.5. The van der Waals surface area contributed by atoms with Gasteiger partial charge < -0.3 is 15.3 Å². The van der Waals surface area contributed by atoms with Crippen molar-refractivity contribution in [2.75, 3.05) is 0 Å². The summed E-state index contributed by atoms with van der Waals surface area (Å²) in [4.78, 5) is 24.3. The standard InChI is InChI=1S/C17H16O5/c18-10-3-1-2-9(8-10)15(16-11(19)4-5-12(16)20)17-13(21)6-7-14(17)22/h1-3,8,15,18-19,21H,4-7H2. The highest BCUT2D eigenvalue weighted by Gasteiger charge is 2.39. The van der Waals surface area contributed by atoms with E-state index in [0.29, 0.717) is 5.56 Å². The van der Waals surface area contributed by atoms with Crippen LogP contribution >= 0.6 is 0 Å². The predicted octanol–water partition coefficient (Wildman–Crippen LogP) is 2.83. The fourth-order valence-corrected chi connectivity index (χ4v) is 3.16. The summed E-state index contributed by atoms with van der Waals surface area (Å²) >= 11 is 0. The van der Waals surface area contributed by atoms with E-state index in [1.54, 1.807) is 12.1 Å². The highest BCUT2D eigenvalue weighted by molar-refractivity contribution is 6.06. The number of aliphatic hydroxyl groups is 2. The third-order valence-electron chi connectivity index (χ3n) is 4.18. The molecule has 0 bridgehead atoms. The van der Waals surface area contributed by atoms with Gasteiger partial charge in [0.05, 0.1) is 0 Å². The topological polar surface area (TPSA) is 94.8 Å². The number of ketones is 2. The third kappa shape index (κ3) is 2.28. The lowest BCUT2D eigenvalue weighted by atomic mass is 9.82. The number of allylic oxidation sites excluding steroid dienone is 4. The van der Waals surface area contributed by atoms with E-state index in [9.17, 15) is 24.9 Å². The molecule has 0 unspecified atom stereocenters. The number of aromatic hydroxyl groups is 1. The van der Waals surface area contributed by atoms with Crippen molar-refractivity contribution in [3.63, 3.8) is 0 Å². The second-order valence-electron chi connectivity index (χ2n) is 5.60. The summed E-state index contributed by atoms with van der Waals surface area (Å²) in [5.74, 6) is -1.37. The number of aliphatic hydroxyl groups excluding tert-OH is 2. The van der Waals surface area contributed by atoms with Gasteiger partial charge in [0.25, 0.3) is 0 Å². The lowest BCUT2D eigenvalue weighted by Gasteiger charge is -2.20. The number of phenols is 1. The molecule has 0 radical (unpaired) electrons. The number of Topliss-reactive ketones (excluding diaryl/α,β-unsaturated/α-hetero) is 2. The van der Waals surface area contributed by atoms with E-state index in [1.165, 1.54) is 12.1 Å². The molecule has 3 rings (SSSR count). The number of hydrogen-bond donors (Lipinski definition) is 3. The molecule has 0 fully saturated rings. The summed E-state index contributed by atoms with van der Waals surface area (Å²) in [5, 5.41) is 29.8. The minimum absolute atomic E-state index is 0.00132. The van der Waals surface area contributed by atoms with Gasteiger partial charge in [-0.1, -0.05) is 12.1 Å². The Morgan fingerprint density at radius 3 is 1.77 bits per heavy atom. The van der Waals surface area contributed by atoms with Crippen LogP contribution in [0, 0.1) is 0 Å². The Morgan fingerprint density at radius 1 is 0.818 bits per heavy atom. The maximum Gasteiger partial charge on any atom is 0.163 e. The van der Waals surface area contributed by atoms with Crippen LogP contribution in [0.3, 0.4) is 0 Å². The Morgan fingerprint density at radius 2 is 1.36 bits per heavy atom. The van der Waals surface area contributed by atoms with Crippen LogP contribution in [0.15, 0.2) is 46.9 Å². The quantitative estimate of drug-likeness (QED) is 0.798. The van der Waals surface area contributed by atoms with Crippen LogP contribution in [0.1, 0.15) is 37.2 Å². The van der Waals surface area contributed by atoms with Crippen molar-refractivity contribution in [3.05, 3.63) is 52.5 Å². The molecule has 22 heavy (non-hydrogen) atoms. The molecular weight excluding hydrogens is 284 g/mol.